The Hall–Kier alpha value is -9.71. The number of aromatic hydroxyl groups is 3. The van der Waals surface area contributed by atoms with Gasteiger partial charge >= 0.3 is 0 Å². The van der Waals surface area contributed by atoms with Crippen molar-refractivity contribution in [2.45, 2.75) is 115 Å². The van der Waals surface area contributed by atoms with E-state index in [1.807, 2.05) is 60.8 Å². The van der Waals surface area contributed by atoms with Crippen molar-refractivity contribution >= 4 is 54.8 Å². The largest absolute Gasteiger partial charge is 0.507 e. The molecule has 3 aromatic carbocycles. The predicted octanol–water partition coefficient (Wildman–Crippen LogP) is 12.5. The lowest BCUT2D eigenvalue weighted by Gasteiger charge is -2.47. The molecule has 0 radical (unpaired) electrons. The third-order valence-electron chi connectivity index (χ3n) is 17.9. The highest BCUT2D eigenvalue weighted by atomic mass is 32.1. The van der Waals surface area contributed by atoms with Gasteiger partial charge in [-0.1, -0.05) is 37.8 Å². The second kappa shape index (κ2) is 23.9. The molecule has 0 saturated carbocycles. The number of hydrogen-bond acceptors (Lipinski definition) is 17. The Morgan fingerprint density at radius 3 is 1.67 bits per heavy atom. The number of H-pyrrole nitrogens is 4. The highest BCUT2D eigenvalue weighted by molar-refractivity contribution is 7.17. The van der Waals surface area contributed by atoms with Crippen LogP contribution in [0.2, 0.25) is 0 Å². The van der Waals surface area contributed by atoms with Crippen molar-refractivity contribution in [3.05, 3.63) is 157 Å². The zero-order valence-corrected chi connectivity index (χ0v) is 50.8. The Morgan fingerprint density at radius 1 is 0.538 bits per heavy atom. The average Bonchev–Trinajstić information content (AvgIpc) is 1.68. The van der Waals surface area contributed by atoms with Gasteiger partial charge in [-0.25, -0.2) is 0 Å². The number of hydrogen-bond donors (Lipinski definition) is 10. The number of morpholine rings is 1. The standard InChI is InChI=1S/C24H28N6O.C22H20N6O.C22H19N5O2S.CH4/c1-23(2)11-18(12-24(3,4)29-23)30-8-7-16-9-20(27-28-22(16)30)19-6-5-15(10-21(19)31)17-13-25-26-14-17;29-21-7-12(14-9-24-25-10-14)1-4-17(21)19-8-20-22(28-27-19)18(11-23-20)13-5-15-2-3-16(6-13)26-15;28-20-5-12(14-7-23-24-8-14)1-2-17(20)19-6-21-22(27-26-19)18(11-30-21)13-3-15-9-29-10-16(4-13)25-15;/h5-10,13-14,18,29,31H,11-12H2,1-4H3,(H,25,26);1,4-5,7-11,15-16,23,26,29H,2-3,6H2,(H,24,25);1-3,5-8,11,15-16,25,28H,4,9-10H2,(H,23,24);1H4. The summed E-state index contributed by atoms with van der Waals surface area (Å²) in [7, 11) is 0. The lowest BCUT2D eigenvalue weighted by molar-refractivity contribution is 0.0561. The monoisotopic (exact) mass is 1230 g/mol. The van der Waals surface area contributed by atoms with Gasteiger partial charge in [-0.3, -0.25) is 15.3 Å². The number of benzene rings is 3. The summed E-state index contributed by atoms with van der Waals surface area (Å²) in [6.07, 6.45) is 25.8. The van der Waals surface area contributed by atoms with Crippen LogP contribution in [0.25, 0.3) is 111 Å². The van der Waals surface area contributed by atoms with E-state index in [-0.39, 0.29) is 41.8 Å². The van der Waals surface area contributed by atoms with Crippen LogP contribution >= 0.6 is 11.3 Å². The highest BCUT2D eigenvalue weighted by Gasteiger charge is 2.39. The predicted molar refractivity (Wildman–Crippen MR) is 356 cm³/mol. The Labute approximate surface area is 528 Å². The van der Waals surface area contributed by atoms with Crippen LogP contribution in [-0.2, 0) is 4.74 Å². The van der Waals surface area contributed by atoms with E-state index in [9.17, 15) is 15.3 Å². The van der Waals surface area contributed by atoms with Crippen molar-refractivity contribution in [2.24, 2.45) is 0 Å². The summed E-state index contributed by atoms with van der Waals surface area (Å²) < 4.78 is 8.96. The van der Waals surface area contributed by atoms with Gasteiger partial charge in [0.25, 0.3) is 0 Å². The fourth-order valence-electron chi connectivity index (χ4n) is 14.0. The molecule has 5 aliphatic rings. The van der Waals surface area contributed by atoms with Crippen molar-refractivity contribution in [1.29, 1.82) is 0 Å². The van der Waals surface area contributed by atoms with Crippen LogP contribution in [0, 0.1) is 0 Å². The summed E-state index contributed by atoms with van der Waals surface area (Å²) in [5.41, 5.74) is 18.1. The van der Waals surface area contributed by atoms with Crippen LogP contribution in [0.3, 0.4) is 0 Å². The van der Waals surface area contributed by atoms with Gasteiger partial charge in [-0.2, -0.15) is 15.3 Å². The van der Waals surface area contributed by atoms with Crippen LogP contribution in [0.1, 0.15) is 90.8 Å². The smallest absolute Gasteiger partial charge is 0.162 e. The van der Waals surface area contributed by atoms with Gasteiger partial charge in [0, 0.05) is 128 Å². The van der Waals surface area contributed by atoms with Gasteiger partial charge in [-0.05, 0) is 155 Å². The number of fused-ring (bicyclic) bond motifs is 7. The second-order valence-electron chi connectivity index (χ2n) is 25.5. The van der Waals surface area contributed by atoms with E-state index < -0.39 is 0 Å². The molecule has 17 rings (SSSR count). The molecule has 22 heteroatoms. The number of thiophene rings is 1. The van der Waals surface area contributed by atoms with Gasteiger partial charge in [0.1, 0.15) is 28.3 Å². The molecule has 4 unspecified atom stereocenters. The van der Waals surface area contributed by atoms with Gasteiger partial charge in [0.05, 0.1) is 59.1 Å². The number of nitrogens with one attached hydrogen (secondary N) is 7. The molecule has 3 fully saturated rings. The summed E-state index contributed by atoms with van der Waals surface area (Å²) in [5.74, 6) is 0.517. The Bertz CT molecular complexity index is 4660. The van der Waals surface area contributed by atoms with Crippen molar-refractivity contribution in [2.75, 3.05) is 13.2 Å². The first-order chi connectivity index (χ1) is 43.7. The minimum absolute atomic E-state index is 0. The number of nitrogens with zero attached hydrogens (tertiary/aromatic N) is 10. The molecule has 21 nitrogen and oxygen atoms in total. The van der Waals surface area contributed by atoms with E-state index in [4.69, 9.17) is 4.74 Å². The van der Waals surface area contributed by atoms with Gasteiger partial charge in [-0.15, -0.1) is 41.9 Å². The zero-order valence-electron chi connectivity index (χ0n) is 50.0. The summed E-state index contributed by atoms with van der Waals surface area (Å²) in [6.45, 7) is 10.5. The summed E-state index contributed by atoms with van der Waals surface area (Å²) in [4.78, 5) is 3.34. The fourth-order valence-corrected chi connectivity index (χ4v) is 14.9. The van der Waals surface area contributed by atoms with Crippen LogP contribution in [0.4, 0.5) is 0 Å². The van der Waals surface area contributed by atoms with E-state index in [1.165, 1.54) is 24.0 Å². The minimum Gasteiger partial charge on any atom is -0.507 e. The summed E-state index contributed by atoms with van der Waals surface area (Å²) in [5, 5.41) is 93.1. The molecular formula is C69H71N17O4S. The van der Waals surface area contributed by atoms with Gasteiger partial charge < -0.3 is 45.6 Å². The molecule has 10 N–H and O–H groups in total. The molecule has 12 aromatic rings. The third kappa shape index (κ3) is 11.9. The van der Waals surface area contributed by atoms with E-state index in [0.717, 1.165) is 109 Å². The average molecular weight is 1230 g/mol. The number of aromatic nitrogens is 14. The van der Waals surface area contributed by atoms with Crippen LogP contribution in [-0.4, -0.2) is 135 Å². The molecular weight excluding hydrogens is 1160 g/mol. The molecule has 5 aliphatic heterocycles. The first-order valence-electron chi connectivity index (χ1n) is 30.4. The minimum atomic E-state index is 0. The second-order valence-corrected chi connectivity index (χ2v) is 26.4. The zero-order chi connectivity index (χ0) is 61.3. The normalized spacial score (nSPS) is 19.9. The number of piperidine rings is 1. The maximum absolute atomic E-state index is 10.6. The van der Waals surface area contributed by atoms with Crippen molar-refractivity contribution in [1.82, 2.24) is 86.7 Å². The number of ether oxygens (including phenoxy) is 1. The van der Waals surface area contributed by atoms with Crippen molar-refractivity contribution in [3.8, 4) is 84.4 Å². The lowest BCUT2D eigenvalue weighted by Crippen LogP contribution is -2.57. The van der Waals surface area contributed by atoms with Crippen LogP contribution in [0.5, 0.6) is 17.2 Å². The van der Waals surface area contributed by atoms with Gasteiger partial charge in [0.2, 0.25) is 0 Å². The van der Waals surface area contributed by atoms with Crippen molar-refractivity contribution in [3.63, 3.8) is 0 Å². The number of phenols is 3. The van der Waals surface area contributed by atoms with E-state index in [2.05, 4.69) is 144 Å². The Kier molecular flexibility index (Phi) is 15.5. The molecule has 4 bridgehead atoms. The van der Waals surface area contributed by atoms with Gasteiger partial charge in [0.15, 0.2) is 5.65 Å². The number of aromatic amines is 4. The topological polar surface area (TPSA) is 290 Å². The first-order valence-corrected chi connectivity index (χ1v) is 31.3. The Balaban J connectivity index is 0.000000118. The number of phenolic OH excluding ortho intramolecular Hbond substituents is 3. The summed E-state index contributed by atoms with van der Waals surface area (Å²) >= 11 is 1.66. The molecule has 0 aliphatic carbocycles. The Morgan fingerprint density at radius 2 is 1.09 bits per heavy atom. The molecule has 9 aromatic heterocycles. The number of rotatable bonds is 9. The van der Waals surface area contributed by atoms with Crippen LogP contribution < -0.4 is 16.0 Å². The SMILES string of the molecule is C.CC1(C)CC(n2ccc3cc(-c4ccc(-c5cn[nH]c5)cc4O)nnc32)CC(C)(C)N1.Oc1cc(-c2cn[nH]c2)ccc1-c1cc2[nH]cc(C3=CC4CCC(C3)N4)c2nn1.Oc1cc(-c2cn[nH]c2)ccc1-c1cc2scc(C3=CC4COCC(C3)N4)c2nn1. The summed E-state index contributed by atoms with van der Waals surface area (Å²) in [6, 6.07) is 26.7. The molecule has 4 atom stereocenters. The first kappa shape index (κ1) is 58.9. The third-order valence-corrected chi connectivity index (χ3v) is 18.8. The highest BCUT2D eigenvalue weighted by Crippen LogP contribution is 2.42. The lowest BCUT2D eigenvalue weighted by atomic mass is 9.79. The molecule has 0 amide bonds. The van der Waals surface area contributed by atoms with Crippen molar-refractivity contribution < 1.29 is 20.1 Å². The molecule has 462 valence electrons. The molecule has 3 saturated heterocycles. The molecule has 91 heavy (non-hydrogen) atoms. The fraction of sp³-hybridized carbons (Fsp3) is 0.290. The van der Waals surface area contributed by atoms with E-state index in [1.54, 1.807) is 66.7 Å². The quantitative estimate of drug-likeness (QED) is 0.0643. The van der Waals surface area contributed by atoms with E-state index >= 15 is 0 Å². The van der Waals surface area contributed by atoms with Crippen LogP contribution in [0.15, 0.2) is 146 Å². The maximum atomic E-state index is 10.6. The molecule has 14 heterocycles. The van der Waals surface area contributed by atoms with E-state index in [0.29, 0.717) is 64.5 Å². The maximum Gasteiger partial charge on any atom is 0.162 e. The molecule has 0 spiro atoms.